The van der Waals surface area contributed by atoms with Crippen molar-refractivity contribution in [1.29, 1.82) is 0 Å². The summed E-state index contributed by atoms with van der Waals surface area (Å²) < 4.78 is 33.8. The smallest absolute Gasteiger partial charge is 0.475 e. The first-order valence-corrected chi connectivity index (χ1v) is 15.5. The van der Waals surface area contributed by atoms with Crippen LogP contribution in [0.5, 0.6) is 0 Å². The number of nitrogens with one attached hydrogen (secondary N) is 2. The van der Waals surface area contributed by atoms with Crippen LogP contribution in [-0.4, -0.2) is 70.1 Å². The number of alkyl halides is 3. The minimum absolute atomic E-state index is 0.133. The molecule has 2 unspecified atom stereocenters. The van der Waals surface area contributed by atoms with Crippen LogP contribution in [0.4, 0.5) is 24.5 Å². The first-order valence-electron chi connectivity index (χ1n) is 15.5. The van der Waals surface area contributed by atoms with Gasteiger partial charge in [-0.25, -0.2) is 4.79 Å². The molecule has 2 heterocycles. The molecule has 5 N–H and O–H groups in total. The standard InChI is InChI=1S/C31H42N6O.C2HF3O2/c1-22(2)37-21-26(20-34-37)27-18-30(27)33-19-24-13-16-36(17-14-24)15-5-6-23-9-11-25(12-10-23)31(38)35-29-8-4-3-7-28(29)32;3-2(4,5)1(6)7/h3-4,7-12,20-22,24,27,30,33H,5-6,13-19,32H2,1-2H3,(H,35,38);(H,6,7). The third kappa shape index (κ3) is 10.3. The van der Waals surface area contributed by atoms with Gasteiger partial charge in [0.2, 0.25) is 0 Å². The van der Waals surface area contributed by atoms with Gasteiger partial charge in [-0.05, 0) is 113 Å². The lowest BCUT2D eigenvalue weighted by Crippen LogP contribution is -2.38. The number of amides is 1. The van der Waals surface area contributed by atoms with Gasteiger partial charge in [0, 0.05) is 29.8 Å². The van der Waals surface area contributed by atoms with Crippen LogP contribution in [0.1, 0.15) is 73.0 Å². The van der Waals surface area contributed by atoms with Gasteiger partial charge in [-0.1, -0.05) is 24.3 Å². The minimum atomic E-state index is -5.08. The van der Waals surface area contributed by atoms with E-state index in [2.05, 4.69) is 63.7 Å². The van der Waals surface area contributed by atoms with Gasteiger partial charge in [0.25, 0.3) is 5.91 Å². The molecule has 2 atom stereocenters. The fourth-order valence-electron chi connectivity index (χ4n) is 5.48. The Kier molecular flexibility index (Phi) is 11.6. The Balaban J connectivity index is 0.000000591. The van der Waals surface area contributed by atoms with Crippen LogP contribution in [0.25, 0.3) is 0 Å². The summed E-state index contributed by atoms with van der Waals surface area (Å²) in [5.74, 6) is -1.46. The number of nitrogens with zero attached hydrogens (tertiary/aromatic N) is 3. The molecule has 2 aliphatic rings. The van der Waals surface area contributed by atoms with E-state index in [1.165, 1.54) is 43.5 Å². The first kappa shape index (κ1) is 34.0. The van der Waals surface area contributed by atoms with Gasteiger partial charge in [0.1, 0.15) is 0 Å². The number of carboxylic acids is 1. The Hall–Kier alpha value is -3.90. The van der Waals surface area contributed by atoms with Crippen molar-refractivity contribution in [3.63, 3.8) is 0 Å². The molecule has 1 saturated heterocycles. The van der Waals surface area contributed by atoms with Crippen LogP contribution in [-0.2, 0) is 11.2 Å². The summed E-state index contributed by atoms with van der Waals surface area (Å²) in [7, 11) is 0. The van der Waals surface area contributed by atoms with Crippen LogP contribution in [0.2, 0.25) is 0 Å². The van der Waals surface area contributed by atoms with Crippen molar-refractivity contribution in [3.8, 4) is 0 Å². The molecule has 1 amide bonds. The lowest BCUT2D eigenvalue weighted by molar-refractivity contribution is -0.192. The van der Waals surface area contributed by atoms with E-state index >= 15 is 0 Å². The molecule has 0 radical (unpaired) electrons. The highest BCUT2D eigenvalue weighted by Gasteiger charge is 2.39. The zero-order chi connectivity index (χ0) is 32.6. The van der Waals surface area contributed by atoms with Crippen LogP contribution in [0.15, 0.2) is 60.9 Å². The monoisotopic (exact) mass is 628 g/mol. The number of anilines is 2. The van der Waals surface area contributed by atoms with E-state index in [4.69, 9.17) is 15.6 Å². The Bertz CT molecular complexity index is 1400. The van der Waals surface area contributed by atoms with E-state index in [1.54, 1.807) is 6.07 Å². The Morgan fingerprint density at radius 3 is 2.36 bits per heavy atom. The van der Waals surface area contributed by atoms with Gasteiger partial charge < -0.3 is 26.4 Å². The number of halogens is 3. The highest BCUT2D eigenvalue weighted by atomic mass is 19.4. The molecule has 5 rings (SSSR count). The second-order valence-electron chi connectivity index (χ2n) is 12.1. The Labute approximate surface area is 262 Å². The number of para-hydroxylation sites is 2. The third-order valence-electron chi connectivity index (χ3n) is 8.35. The lowest BCUT2D eigenvalue weighted by atomic mass is 9.96. The summed E-state index contributed by atoms with van der Waals surface area (Å²) >= 11 is 0. The molecule has 2 aromatic carbocycles. The Morgan fingerprint density at radius 1 is 1.09 bits per heavy atom. The molecule has 1 aromatic heterocycles. The van der Waals surface area contributed by atoms with Crippen molar-refractivity contribution in [2.24, 2.45) is 5.92 Å². The van der Waals surface area contributed by atoms with Gasteiger partial charge >= 0.3 is 12.1 Å². The second-order valence-corrected chi connectivity index (χ2v) is 12.1. The van der Waals surface area contributed by atoms with Crippen molar-refractivity contribution in [2.45, 2.75) is 70.1 Å². The van der Waals surface area contributed by atoms with Crippen LogP contribution in [0.3, 0.4) is 0 Å². The van der Waals surface area contributed by atoms with Crippen LogP contribution in [0, 0.1) is 5.92 Å². The van der Waals surface area contributed by atoms with Crippen molar-refractivity contribution >= 4 is 23.3 Å². The highest BCUT2D eigenvalue weighted by molar-refractivity contribution is 6.05. The summed E-state index contributed by atoms with van der Waals surface area (Å²) in [5.41, 5.74) is 10.5. The number of nitrogen functional groups attached to an aromatic ring is 1. The number of carbonyl (C=O) groups excluding carboxylic acids is 1. The maximum absolute atomic E-state index is 12.5. The number of nitrogens with two attached hydrogens (primary N) is 1. The van der Waals surface area contributed by atoms with Crippen LogP contribution < -0.4 is 16.4 Å². The minimum Gasteiger partial charge on any atom is -0.475 e. The van der Waals surface area contributed by atoms with Crippen molar-refractivity contribution < 1.29 is 27.9 Å². The molecule has 1 saturated carbocycles. The number of aliphatic carboxylic acids is 1. The topological polar surface area (TPSA) is 126 Å². The molecule has 1 aliphatic heterocycles. The number of hydrogen-bond donors (Lipinski definition) is 4. The molecule has 45 heavy (non-hydrogen) atoms. The van der Waals surface area contributed by atoms with Gasteiger partial charge in [0.15, 0.2) is 0 Å². The molecule has 244 valence electrons. The molecular weight excluding hydrogens is 585 g/mol. The number of benzene rings is 2. The normalized spacial score (nSPS) is 18.7. The first-order chi connectivity index (χ1) is 21.4. The van der Waals surface area contributed by atoms with Gasteiger partial charge in [-0.3, -0.25) is 9.48 Å². The van der Waals surface area contributed by atoms with Gasteiger partial charge in [-0.2, -0.15) is 18.3 Å². The number of aromatic nitrogens is 2. The molecule has 0 bridgehead atoms. The van der Waals surface area contributed by atoms with Crippen molar-refractivity contribution in [2.75, 3.05) is 37.2 Å². The molecule has 2 fully saturated rings. The SMILES string of the molecule is CC(C)n1cc(C2CC2NCC2CCN(CCCc3ccc(C(=O)Nc4ccccc4N)cc3)CC2)cn1.O=C(O)C(F)(F)F. The predicted octanol–water partition coefficient (Wildman–Crippen LogP) is 5.72. The zero-order valence-electron chi connectivity index (χ0n) is 25.8. The molecule has 12 heteroatoms. The summed E-state index contributed by atoms with van der Waals surface area (Å²) in [6, 6.07) is 16.3. The fourth-order valence-corrected chi connectivity index (χ4v) is 5.48. The van der Waals surface area contributed by atoms with Crippen molar-refractivity contribution in [3.05, 3.63) is 77.6 Å². The Morgan fingerprint density at radius 2 is 1.76 bits per heavy atom. The van der Waals surface area contributed by atoms with E-state index in [1.807, 2.05) is 30.3 Å². The molecule has 0 spiro atoms. The molecule has 3 aromatic rings. The summed E-state index contributed by atoms with van der Waals surface area (Å²) in [4.78, 5) is 24.0. The van der Waals surface area contributed by atoms with Gasteiger partial charge in [0.05, 0.1) is 17.6 Å². The third-order valence-corrected chi connectivity index (χ3v) is 8.35. The number of piperidine rings is 1. The maximum Gasteiger partial charge on any atom is 0.490 e. The number of rotatable bonds is 11. The average molecular weight is 629 g/mol. The van der Waals surface area contributed by atoms with E-state index in [9.17, 15) is 18.0 Å². The molecule has 1 aliphatic carbocycles. The van der Waals surface area contributed by atoms with Crippen LogP contribution >= 0.6 is 0 Å². The zero-order valence-corrected chi connectivity index (χ0v) is 25.8. The van der Waals surface area contributed by atoms with Gasteiger partial charge in [-0.15, -0.1) is 0 Å². The number of carboxylic acid groups (broad SMARTS) is 1. The van der Waals surface area contributed by atoms with E-state index < -0.39 is 12.1 Å². The summed E-state index contributed by atoms with van der Waals surface area (Å²) in [6.45, 7) is 9.03. The van der Waals surface area contributed by atoms with E-state index in [0.29, 0.717) is 34.9 Å². The van der Waals surface area contributed by atoms with Crippen molar-refractivity contribution in [1.82, 2.24) is 20.0 Å². The van der Waals surface area contributed by atoms with E-state index in [-0.39, 0.29) is 5.91 Å². The van der Waals surface area contributed by atoms with E-state index in [0.717, 1.165) is 31.8 Å². The fraction of sp³-hybridized carbons (Fsp3) is 0.485. The summed E-state index contributed by atoms with van der Waals surface area (Å²) in [6.07, 6.45) is 5.18. The highest BCUT2D eigenvalue weighted by Crippen LogP contribution is 2.41. The molecular formula is C33H43F3N6O3. The average Bonchev–Trinajstić information content (AvgIpc) is 3.61. The number of hydrogen-bond acceptors (Lipinski definition) is 6. The molecule has 9 nitrogen and oxygen atoms in total. The number of aryl methyl sites for hydroxylation is 1. The quantitative estimate of drug-likeness (QED) is 0.200. The lowest BCUT2D eigenvalue weighted by Gasteiger charge is -2.32. The second kappa shape index (κ2) is 15.4. The number of carbonyl (C=O) groups is 2. The maximum atomic E-state index is 12.5. The number of likely N-dealkylation sites (tertiary alicyclic amines) is 1. The predicted molar refractivity (Wildman–Crippen MR) is 168 cm³/mol. The summed E-state index contributed by atoms with van der Waals surface area (Å²) in [5, 5.41) is 18.4. The largest absolute Gasteiger partial charge is 0.490 e.